The second-order valence-corrected chi connectivity index (χ2v) is 7.59. The highest BCUT2D eigenvalue weighted by atomic mass is 32.1. The van der Waals surface area contributed by atoms with Crippen molar-refractivity contribution in [1.82, 2.24) is 5.32 Å². The molecule has 3 aromatic rings. The second-order valence-electron chi connectivity index (χ2n) is 6.61. The molecule has 0 saturated heterocycles. The van der Waals surface area contributed by atoms with Crippen LogP contribution in [-0.2, 0) is 11.2 Å². The van der Waals surface area contributed by atoms with Gasteiger partial charge in [-0.2, -0.15) is 5.26 Å². The highest BCUT2D eigenvalue weighted by Gasteiger charge is 2.21. The number of nitriles is 1. The lowest BCUT2D eigenvalue weighted by atomic mass is 10.0. The molecule has 0 radical (unpaired) electrons. The highest BCUT2D eigenvalue weighted by molar-refractivity contribution is 7.10. The van der Waals surface area contributed by atoms with E-state index in [9.17, 15) is 4.79 Å². The lowest BCUT2D eigenvalue weighted by Crippen LogP contribution is -2.40. The Labute approximate surface area is 169 Å². The van der Waals surface area contributed by atoms with Gasteiger partial charge in [-0.25, -0.2) is 0 Å². The first-order valence-electron chi connectivity index (χ1n) is 9.30. The zero-order valence-electron chi connectivity index (χ0n) is 16.0. The number of hydrogen-bond acceptors (Lipinski definition) is 4. The van der Waals surface area contributed by atoms with Gasteiger partial charge < -0.3 is 5.32 Å². The first kappa shape index (κ1) is 19.8. The summed E-state index contributed by atoms with van der Waals surface area (Å²) in [7, 11) is 0. The highest BCUT2D eigenvalue weighted by Crippen LogP contribution is 2.27. The molecule has 0 unspecified atom stereocenters. The molecule has 0 aliphatic carbocycles. The predicted molar refractivity (Wildman–Crippen MR) is 114 cm³/mol. The molecule has 0 aliphatic rings. The van der Waals surface area contributed by atoms with Gasteiger partial charge in [0.25, 0.3) is 0 Å². The van der Waals surface area contributed by atoms with Crippen molar-refractivity contribution in [2.24, 2.45) is 0 Å². The third kappa shape index (κ3) is 4.86. The number of hydrogen-bond donors (Lipinski definition) is 2. The standard InChI is InChI=1S/C23H23N3OS/c1-3-17-6-10-19(11-7-17)22(21-5-4-14-28-21)25-16(2)23(27)26-20-12-8-18(15-24)9-13-20/h4-14,16,22,25H,3H2,1-2H3,(H,26,27)/t16-,22-/m0/s1. The van der Waals surface area contributed by atoms with Crippen molar-refractivity contribution in [1.29, 1.82) is 5.26 Å². The van der Waals surface area contributed by atoms with E-state index in [0.29, 0.717) is 11.3 Å². The summed E-state index contributed by atoms with van der Waals surface area (Å²) in [6.45, 7) is 4.00. The number of carbonyl (C=O) groups is 1. The first-order chi connectivity index (χ1) is 13.6. The van der Waals surface area contributed by atoms with Gasteiger partial charge in [-0.05, 0) is 60.2 Å². The monoisotopic (exact) mass is 389 g/mol. The molecule has 0 spiro atoms. The Morgan fingerprint density at radius 1 is 1.11 bits per heavy atom. The van der Waals surface area contributed by atoms with Gasteiger partial charge in [-0.15, -0.1) is 11.3 Å². The van der Waals surface area contributed by atoms with Crippen LogP contribution < -0.4 is 10.6 Å². The van der Waals surface area contributed by atoms with Gasteiger partial charge in [0.05, 0.1) is 23.7 Å². The van der Waals surface area contributed by atoms with Crippen LogP contribution in [0.2, 0.25) is 0 Å². The van der Waals surface area contributed by atoms with Crippen molar-refractivity contribution < 1.29 is 4.79 Å². The van der Waals surface area contributed by atoms with E-state index in [-0.39, 0.29) is 11.9 Å². The Bertz CT molecular complexity index is 941. The Morgan fingerprint density at radius 2 is 1.82 bits per heavy atom. The number of thiophene rings is 1. The molecule has 3 rings (SSSR count). The fourth-order valence-electron chi connectivity index (χ4n) is 2.95. The maximum Gasteiger partial charge on any atom is 0.241 e. The van der Waals surface area contributed by atoms with Crippen LogP contribution in [-0.4, -0.2) is 11.9 Å². The number of nitrogens with one attached hydrogen (secondary N) is 2. The van der Waals surface area contributed by atoms with Crippen molar-refractivity contribution in [2.75, 3.05) is 5.32 Å². The van der Waals surface area contributed by atoms with E-state index in [4.69, 9.17) is 5.26 Å². The molecule has 0 aliphatic heterocycles. The summed E-state index contributed by atoms with van der Waals surface area (Å²) in [6.07, 6.45) is 1.00. The molecule has 2 aromatic carbocycles. The summed E-state index contributed by atoms with van der Waals surface area (Å²) in [5, 5.41) is 17.3. The van der Waals surface area contributed by atoms with Gasteiger partial charge in [-0.3, -0.25) is 10.1 Å². The average Bonchev–Trinajstić information content (AvgIpc) is 3.27. The van der Waals surface area contributed by atoms with Crippen LogP contribution in [0.15, 0.2) is 66.0 Å². The second kappa shape index (κ2) is 9.32. The van der Waals surface area contributed by atoms with E-state index >= 15 is 0 Å². The van der Waals surface area contributed by atoms with E-state index in [2.05, 4.69) is 54.0 Å². The van der Waals surface area contributed by atoms with Crippen LogP contribution in [0.3, 0.4) is 0 Å². The van der Waals surface area contributed by atoms with Crippen LogP contribution in [0.1, 0.15) is 41.5 Å². The maximum absolute atomic E-state index is 12.7. The van der Waals surface area contributed by atoms with Crippen LogP contribution in [0.5, 0.6) is 0 Å². The van der Waals surface area contributed by atoms with Crippen LogP contribution >= 0.6 is 11.3 Å². The molecule has 1 heterocycles. The molecule has 5 heteroatoms. The molecule has 2 atom stereocenters. The first-order valence-corrected chi connectivity index (χ1v) is 10.2. The molecule has 0 fully saturated rings. The summed E-state index contributed by atoms with van der Waals surface area (Å²) < 4.78 is 0. The Hall–Kier alpha value is -2.94. The van der Waals surface area contributed by atoms with Crippen LogP contribution in [0, 0.1) is 11.3 Å². The van der Waals surface area contributed by atoms with Crippen molar-refractivity contribution in [3.63, 3.8) is 0 Å². The number of carbonyl (C=O) groups excluding carboxylic acids is 1. The number of anilines is 1. The lowest BCUT2D eigenvalue weighted by Gasteiger charge is -2.23. The number of benzene rings is 2. The SMILES string of the molecule is CCc1ccc([C@H](N[C@@H](C)C(=O)Nc2ccc(C#N)cc2)c2cccs2)cc1. The van der Waals surface area contributed by atoms with E-state index in [1.165, 1.54) is 10.4 Å². The Morgan fingerprint density at radius 3 is 2.39 bits per heavy atom. The predicted octanol–water partition coefficient (Wildman–Crippen LogP) is 4.89. The summed E-state index contributed by atoms with van der Waals surface area (Å²) in [4.78, 5) is 13.8. The average molecular weight is 390 g/mol. The summed E-state index contributed by atoms with van der Waals surface area (Å²) in [5.74, 6) is -0.114. The number of aryl methyl sites for hydroxylation is 1. The molecule has 0 saturated carbocycles. The third-order valence-electron chi connectivity index (χ3n) is 4.64. The third-order valence-corrected chi connectivity index (χ3v) is 5.58. The van der Waals surface area contributed by atoms with Gasteiger partial charge in [0.2, 0.25) is 5.91 Å². The quantitative estimate of drug-likeness (QED) is 0.605. The molecule has 4 nitrogen and oxygen atoms in total. The number of rotatable bonds is 7. The van der Waals surface area contributed by atoms with Crippen molar-refractivity contribution in [3.8, 4) is 6.07 Å². The maximum atomic E-state index is 12.7. The summed E-state index contributed by atoms with van der Waals surface area (Å²) >= 11 is 1.67. The van der Waals surface area contributed by atoms with Crippen LogP contribution in [0.25, 0.3) is 0 Å². The number of nitrogens with zero attached hydrogens (tertiary/aromatic N) is 1. The van der Waals surface area contributed by atoms with Gasteiger partial charge in [0, 0.05) is 10.6 Å². The number of amides is 1. The van der Waals surface area contributed by atoms with Gasteiger partial charge in [-0.1, -0.05) is 37.3 Å². The fourth-order valence-corrected chi connectivity index (χ4v) is 3.76. The van der Waals surface area contributed by atoms with E-state index in [0.717, 1.165) is 12.0 Å². The fraction of sp³-hybridized carbons (Fsp3) is 0.217. The normalized spacial score (nSPS) is 12.8. The topological polar surface area (TPSA) is 64.9 Å². The molecule has 28 heavy (non-hydrogen) atoms. The van der Waals surface area contributed by atoms with Crippen molar-refractivity contribution in [2.45, 2.75) is 32.4 Å². The molecular formula is C23H23N3OS. The lowest BCUT2D eigenvalue weighted by molar-refractivity contribution is -0.117. The molecule has 0 bridgehead atoms. The Kier molecular flexibility index (Phi) is 6.59. The summed E-state index contributed by atoms with van der Waals surface area (Å²) in [5.41, 5.74) is 3.67. The zero-order chi connectivity index (χ0) is 19.9. The molecule has 1 amide bonds. The van der Waals surface area contributed by atoms with Gasteiger partial charge >= 0.3 is 0 Å². The molecular weight excluding hydrogens is 366 g/mol. The Balaban J connectivity index is 1.73. The summed E-state index contributed by atoms with van der Waals surface area (Å²) in [6, 6.07) is 21.1. The molecule has 2 N–H and O–H groups in total. The van der Waals surface area contributed by atoms with E-state index in [1.54, 1.807) is 35.6 Å². The molecule has 142 valence electrons. The van der Waals surface area contributed by atoms with E-state index in [1.807, 2.05) is 18.4 Å². The van der Waals surface area contributed by atoms with Crippen molar-refractivity contribution >= 4 is 22.9 Å². The molecule has 1 aromatic heterocycles. The largest absolute Gasteiger partial charge is 0.325 e. The van der Waals surface area contributed by atoms with Crippen molar-refractivity contribution in [3.05, 3.63) is 87.6 Å². The zero-order valence-corrected chi connectivity index (χ0v) is 16.8. The minimum atomic E-state index is -0.395. The van der Waals surface area contributed by atoms with Gasteiger partial charge in [0.15, 0.2) is 0 Å². The minimum absolute atomic E-state index is 0.0485. The van der Waals surface area contributed by atoms with Crippen LogP contribution in [0.4, 0.5) is 5.69 Å². The minimum Gasteiger partial charge on any atom is -0.325 e. The van der Waals surface area contributed by atoms with E-state index < -0.39 is 6.04 Å². The smallest absolute Gasteiger partial charge is 0.241 e. The van der Waals surface area contributed by atoms with Gasteiger partial charge in [0.1, 0.15) is 0 Å².